The lowest BCUT2D eigenvalue weighted by Crippen LogP contribution is -2.45. The SMILES string of the molecule is Nc1nccn2c([C@@H]3CC[C@@H]4[C@@H](C(F)(F)F)CC(=O)N4C3)nc(Br)c12. The summed E-state index contributed by atoms with van der Waals surface area (Å²) in [5.74, 6) is -1.15. The highest BCUT2D eigenvalue weighted by Gasteiger charge is 2.55. The second kappa shape index (κ2) is 5.58. The van der Waals surface area contributed by atoms with Crippen molar-refractivity contribution in [3.63, 3.8) is 0 Å². The van der Waals surface area contributed by atoms with Gasteiger partial charge in [-0.25, -0.2) is 9.97 Å². The van der Waals surface area contributed by atoms with Crippen LogP contribution in [0, 0.1) is 5.92 Å². The van der Waals surface area contributed by atoms with Gasteiger partial charge in [0.25, 0.3) is 0 Å². The minimum absolute atomic E-state index is 0.146. The number of alkyl halides is 3. The van der Waals surface area contributed by atoms with E-state index in [4.69, 9.17) is 5.73 Å². The highest BCUT2D eigenvalue weighted by molar-refractivity contribution is 9.10. The lowest BCUT2D eigenvalue weighted by Gasteiger charge is -2.37. The number of piperidine rings is 1. The normalized spacial score (nSPS) is 27.1. The van der Waals surface area contributed by atoms with Crippen molar-refractivity contribution in [3.8, 4) is 0 Å². The molecule has 2 aliphatic rings. The lowest BCUT2D eigenvalue weighted by molar-refractivity contribution is -0.182. The van der Waals surface area contributed by atoms with E-state index in [0.29, 0.717) is 34.6 Å². The molecule has 4 heterocycles. The van der Waals surface area contributed by atoms with Crippen LogP contribution in [0.4, 0.5) is 19.0 Å². The number of hydrogen-bond acceptors (Lipinski definition) is 4. The Labute approximate surface area is 149 Å². The van der Waals surface area contributed by atoms with Crippen LogP contribution in [0.5, 0.6) is 0 Å². The summed E-state index contributed by atoms with van der Waals surface area (Å²) in [5, 5.41) is 0. The molecule has 0 radical (unpaired) electrons. The molecule has 0 aliphatic carbocycles. The first-order valence-corrected chi connectivity index (χ1v) is 8.70. The summed E-state index contributed by atoms with van der Waals surface area (Å²) in [6, 6.07) is -0.759. The van der Waals surface area contributed by atoms with E-state index < -0.39 is 30.5 Å². The maximum absolute atomic E-state index is 13.2. The van der Waals surface area contributed by atoms with Gasteiger partial charge in [0, 0.05) is 37.3 Å². The number of nitrogens with zero attached hydrogens (tertiary/aromatic N) is 4. The molecule has 25 heavy (non-hydrogen) atoms. The number of rotatable bonds is 1. The standard InChI is InChI=1S/C15H15BrF3N5O/c16-12-11-13(20)21-3-4-23(11)14(22-12)7-1-2-9-8(15(17,18)19)5-10(25)24(9)6-7/h3-4,7-9H,1-2,5-6H2,(H2,20,21)/t7-,8+,9-/m1/s1. The van der Waals surface area contributed by atoms with Gasteiger partial charge in [0.2, 0.25) is 5.91 Å². The van der Waals surface area contributed by atoms with Gasteiger partial charge < -0.3 is 10.6 Å². The van der Waals surface area contributed by atoms with Crippen molar-refractivity contribution >= 4 is 33.2 Å². The summed E-state index contributed by atoms with van der Waals surface area (Å²) in [6.07, 6.45) is -0.682. The first kappa shape index (κ1) is 16.6. The molecule has 0 saturated carbocycles. The van der Waals surface area contributed by atoms with E-state index in [9.17, 15) is 18.0 Å². The molecule has 134 valence electrons. The molecule has 3 atom stereocenters. The summed E-state index contributed by atoms with van der Waals surface area (Å²) < 4.78 is 41.8. The molecular formula is C15H15BrF3N5O. The number of fused-ring (bicyclic) bond motifs is 2. The molecule has 2 fully saturated rings. The number of carbonyl (C=O) groups excluding carboxylic acids is 1. The molecule has 0 bridgehead atoms. The van der Waals surface area contributed by atoms with E-state index in [0.717, 1.165) is 0 Å². The number of hydrogen-bond donors (Lipinski definition) is 1. The maximum atomic E-state index is 13.2. The zero-order valence-electron chi connectivity index (χ0n) is 13.0. The number of halogens is 4. The topological polar surface area (TPSA) is 76.5 Å². The first-order chi connectivity index (χ1) is 11.8. The third-order valence-corrected chi connectivity index (χ3v) is 5.71. The quantitative estimate of drug-likeness (QED) is 0.773. The van der Waals surface area contributed by atoms with Gasteiger partial charge in [0.05, 0.1) is 5.92 Å². The van der Waals surface area contributed by atoms with Gasteiger partial charge in [0.15, 0.2) is 5.82 Å². The van der Waals surface area contributed by atoms with Crippen LogP contribution >= 0.6 is 15.9 Å². The maximum Gasteiger partial charge on any atom is 0.394 e. The number of amides is 1. The van der Waals surface area contributed by atoms with Crippen molar-refractivity contribution < 1.29 is 18.0 Å². The average molecular weight is 418 g/mol. The molecule has 0 spiro atoms. The molecule has 2 N–H and O–H groups in total. The predicted molar refractivity (Wildman–Crippen MR) is 86.7 cm³/mol. The van der Waals surface area contributed by atoms with Crippen molar-refractivity contribution in [2.24, 2.45) is 5.92 Å². The summed E-state index contributed by atoms with van der Waals surface area (Å²) in [4.78, 5) is 22.0. The van der Waals surface area contributed by atoms with Gasteiger partial charge in [-0.15, -0.1) is 0 Å². The second-order valence-corrected chi connectivity index (χ2v) is 7.28. The molecular weight excluding hydrogens is 403 g/mol. The van der Waals surface area contributed by atoms with Crippen molar-refractivity contribution in [1.82, 2.24) is 19.3 Å². The highest BCUT2D eigenvalue weighted by atomic mass is 79.9. The molecule has 0 aromatic carbocycles. The van der Waals surface area contributed by atoms with Gasteiger partial charge >= 0.3 is 6.18 Å². The molecule has 2 aliphatic heterocycles. The largest absolute Gasteiger partial charge is 0.394 e. The number of carbonyl (C=O) groups is 1. The molecule has 2 aromatic rings. The Morgan fingerprint density at radius 1 is 1.32 bits per heavy atom. The van der Waals surface area contributed by atoms with Gasteiger partial charge in [0.1, 0.15) is 15.9 Å². The Balaban J connectivity index is 1.66. The van der Waals surface area contributed by atoms with Crippen LogP contribution in [0.3, 0.4) is 0 Å². The molecule has 6 nitrogen and oxygen atoms in total. The zero-order valence-corrected chi connectivity index (χ0v) is 14.6. The van der Waals surface area contributed by atoms with Crippen molar-refractivity contribution in [3.05, 3.63) is 22.8 Å². The van der Waals surface area contributed by atoms with Crippen LogP contribution in [0.1, 0.15) is 31.0 Å². The molecule has 10 heteroatoms. The Kier molecular flexibility index (Phi) is 3.71. The minimum Gasteiger partial charge on any atom is -0.382 e. The minimum atomic E-state index is -4.34. The van der Waals surface area contributed by atoms with Gasteiger partial charge in [-0.3, -0.25) is 9.20 Å². The zero-order chi connectivity index (χ0) is 17.9. The number of nitrogens with two attached hydrogens (primary N) is 1. The fourth-order valence-electron chi connectivity index (χ4n) is 4.01. The summed E-state index contributed by atoms with van der Waals surface area (Å²) in [6.45, 7) is 0.240. The summed E-state index contributed by atoms with van der Waals surface area (Å²) in [5.41, 5.74) is 6.51. The Morgan fingerprint density at radius 2 is 2.08 bits per heavy atom. The number of aromatic nitrogens is 3. The number of nitrogen functional groups attached to an aromatic ring is 1. The van der Waals surface area contributed by atoms with Crippen molar-refractivity contribution in [1.29, 1.82) is 0 Å². The van der Waals surface area contributed by atoms with E-state index >= 15 is 0 Å². The number of imidazole rings is 1. The first-order valence-electron chi connectivity index (χ1n) is 7.91. The molecule has 1 amide bonds. The molecule has 0 unspecified atom stereocenters. The van der Waals surface area contributed by atoms with Crippen molar-refractivity contribution in [2.75, 3.05) is 12.3 Å². The predicted octanol–water partition coefficient (Wildman–Crippen LogP) is 2.73. The summed E-state index contributed by atoms with van der Waals surface area (Å²) >= 11 is 3.36. The average Bonchev–Trinajstić information content (AvgIpc) is 3.06. The van der Waals surface area contributed by atoms with Crippen LogP contribution < -0.4 is 5.73 Å². The second-order valence-electron chi connectivity index (χ2n) is 6.53. The van der Waals surface area contributed by atoms with E-state index in [1.807, 2.05) is 0 Å². The molecule has 2 aromatic heterocycles. The van der Waals surface area contributed by atoms with Crippen molar-refractivity contribution in [2.45, 2.75) is 37.4 Å². The van der Waals surface area contributed by atoms with Gasteiger partial charge in [-0.05, 0) is 28.8 Å². The van der Waals surface area contributed by atoms with E-state index in [1.54, 1.807) is 16.8 Å². The monoisotopic (exact) mass is 417 g/mol. The van der Waals surface area contributed by atoms with E-state index in [1.165, 1.54) is 4.90 Å². The summed E-state index contributed by atoms with van der Waals surface area (Å²) in [7, 11) is 0. The highest BCUT2D eigenvalue weighted by Crippen LogP contribution is 2.45. The Bertz CT molecular complexity index is 852. The number of anilines is 1. The third kappa shape index (κ3) is 2.57. The fourth-order valence-corrected chi connectivity index (χ4v) is 4.59. The Morgan fingerprint density at radius 3 is 2.80 bits per heavy atom. The van der Waals surface area contributed by atoms with E-state index in [-0.39, 0.29) is 12.5 Å². The van der Waals surface area contributed by atoms with Gasteiger partial charge in [-0.2, -0.15) is 13.2 Å². The molecule has 4 rings (SSSR count). The van der Waals surface area contributed by atoms with Crippen LogP contribution in [0.25, 0.3) is 5.52 Å². The van der Waals surface area contributed by atoms with Crippen LogP contribution in [0.2, 0.25) is 0 Å². The van der Waals surface area contributed by atoms with Crippen LogP contribution in [-0.4, -0.2) is 43.9 Å². The third-order valence-electron chi connectivity index (χ3n) is 5.16. The molecule has 2 saturated heterocycles. The van der Waals surface area contributed by atoms with Gasteiger partial charge in [-0.1, -0.05) is 0 Å². The smallest absolute Gasteiger partial charge is 0.382 e. The van der Waals surface area contributed by atoms with Crippen LogP contribution in [-0.2, 0) is 4.79 Å². The Hall–Kier alpha value is -1.84. The fraction of sp³-hybridized carbons (Fsp3) is 0.533. The van der Waals surface area contributed by atoms with E-state index in [2.05, 4.69) is 25.9 Å². The van der Waals surface area contributed by atoms with Crippen LogP contribution in [0.15, 0.2) is 17.0 Å². The lowest BCUT2D eigenvalue weighted by atomic mass is 9.87.